The molecular formula is C7H7N3. The molecule has 3 heteroatoms. The number of nitrogens with zero attached hydrogens (tertiary/aromatic N) is 3. The molecule has 2 aromatic rings. The van der Waals surface area contributed by atoms with Gasteiger partial charge in [0.2, 0.25) is 0 Å². The minimum absolute atomic E-state index is 1.02. The van der Waals surface area contributed by atoms with Gasteiger partial charge in [-0.1, -0.05) is 0 Å². The van der Waals surface area contributed by atoms with Crippen LogP contribution in [0.2, 0.25) is 0 Å². The van der Waals surface area contributed by atoms with Crippen molar-refractivity contribution in [2.24, 2.45) is 0 Å². The van der Waals surface area contributed by atoms with Crippen LogP contribution >= 0.6 is 0 Å². The predicted molar refractivity (Wildman–Crippen MR) is 37.7 cm³/mol. The van der Waals surface area contributed by atoms with Crippen molar-refractivity contribution in [3.05, 3.63) is 30.4 Å². The summed E-state index contributed by atoms with van der Waals surface area (Å²) in [5.41, 5.74) is 2.11. The lowest BCUT2D eigenvalue weighted by Crippen LogP contribution is -1.89. The summed E-state index contributed by atoms with van der Waals surface area (Å²) in [5.74, 6) is 0. The standard InChI is InChI=1S/C7H7N3/c1-6-4-7-2-3-9-10(7)5-8-6/h2-5H,1H3. The van der Waals surface area contributed by atoms with Gasteiger partial charge >= 0.3 is 0 Å². The van der Waals surface area contributed by atoms with Crippen LogP contribution in [0.1, 0.15) is 5.69 Å². The molecule has 0 N–H and O–H groups in total. The van der Waals surface area contributed by atoms with Gasteiger partial charge in [0.1, 0.15) is 6.33 Å². The smallest absolute Gasteiger partial charge is 0.117 e. The molecule has 2 rings (SSSR count). The van der Waals surface area contributed by atoms with Crippen molar-refractivity contribution in [1.29, 1.82) is 0 Å². The number of aromatic nitrogens is 3. The molecule has 0 aliphatic rings. The summed E-state index contributed by atoms with van der Waals surface area (Å²) in [6, 6.07) is 3.95. The van der Waals surface area contributed by atoms with Gasteiger partial charge in [0.05, 0.1) is 11.7 Å². The van der Waals surface area contributed by atoms with E-state index in [4.69, 9.17) is 0 Å². The fourth-order valence-corrected chi connectivity index (χ4v) is 0.932. The van der Waals surface area contributed by atoms with Crippen molar-refractivity contribution in [3.63, 3.8) is 0 Å². The maximum Gasteiger partial charge on any atom is 0.117 e. The van der Waals surface area contributed by atoms with Crippen LogP contribution in [0.3, 0.4) is 0 Å². The fourth-order valence-electron chi connectivity index (χ4n) is 0.932. The minimum Gasteiger partial charge on any atom is -0.242 e. The Morgan fingerprint density at radius 2 is 2.40 bits per heavy atom. The molecule has 0 aliphatic heterocycles. The molecule has 0 amide bonds. The van der Waals surface area contributed by atoms with Crippen molar-refractivity contribution in [3.8, 4) is 0 Å². The van der Waals surface area contributed by atoms with Crippen molar-refractivity contribution < 1.29 is 0 Å². The van der Waals surface area contributed by atoms with Gasteiger partial charge in [-0.05, 0) is 19.1 Å². The van der Waals surface area contributed by atoms with E-state index in [0.717, 1.165) is 11.2 Å². The van der Waals surface area contributed by atoms with E-state index in [0.29, 0.717) is 0 Å². The van der Waals surface area contributed by atoms with Crippen LogP contribution in [0.4, 0.5) is 0 Å². The van der Waals surface area contributed by atoms with Gasteiger partial charge in [-0.3, -0.25) is 0 Å². The summed E-state index contributed by atoms with van der Waals surface area (Å²) >= 11 is 0. The Labute approximate surface area is 58.3 Å². The van der Waals surface area contributed by atoms with Gasteiger partial charge in [-0.2, -0.15) is 5.10 Å². The average molecular weight is 133 g/mol. The van der Waals surface area contributed by atoms with E-state index in [1.54, 1.807) is 17.0 Å². The van der Waals surface area contributed by atoms with Crippen LogP contribution in [-0.4, -0.2) is 14.6 Å². The molecule has 0 bridgehead atoms. The summed E-state index contributed by atoms with van der Waals surface area (Å²) in [6.45, 7) is 1.97. The minimum atomic E-state index is 1.02. The Balaban J connectivity index is 2.86. The van der Waals surface area contributed by atoms with Gasteiger partial charge in [-0.25, -0.2) is 9.50 Å². The summed E-state index contributed by atoms with van der Waals surface area (Å²) in [6.07, 6.45) is 3.47. The number of rotatable bonds is 0. The van der Waals surface area contributed by atoms with Crippen molar-refractivity contribution in [2.75, 3.05) is 0 Å². The molecule has 10 heavy (non-hydrogen) atoms. The van der Waals surface area contributed by atoms with E-state index in [1.165, 1.54) is 0 Å². The zero-order chi connectivity index (χ0) is 6.97. The largest absolute Gasteiger partial charge is 0.242 e. The lowest BCUT2D eigenvalue weighted by molar-refractivity contribution is 0.910. The van der Waals surface area contributed by atoms with Crippen LogP contribution in [-0.2, 0) is 0 Å². The monoisotopic (exact) mass is 133 g/mol. The fraction of sp³-hybridized carbons (Fsp3) is 0.143. The number of hydrogen-bond donors (Lipinski definition) is 0. The summed E-state index contributed by atoms with van der Waals surface area (Å²) < 4.78 is 1.74. The van der Waals surface area contributed by atoms with Crippen LogP contribution in [0.15, 0.2) is 24.7 Å². The third-order valence-corrected chi connectivity index (χ3v) is 1.43. The molecule has 0 radical (unpaired) electrons. The van der Waals surface area contributed by atoms with Crippen LogP contribution in [0, 0.1) is 6.92 Å². The van der Waals surface area contributed by atoms with Crippen LogP contribution in [0.5, 0.6) is 0 Å². The zero-order valence-corrected chi connectivity index (χ0v) is 5.65. The molecule has 0 unspecified atom stereocenters. The molecule has 0 aromatic carbocycles. The molecule has 0 atom stereocenters. The third kappa shape index (κ3) is 0.673. The summed E-state index contributed by atoms with van der Waals surface area (Å²) in [5, 5.41) is 4.01. The molecule has 0 fully saturated rings. The Morgan fingerprint density at radius 1 is 1.50 bits per heavy atom. The average Bonchev–Trinajstić information content (AvgIpc) is 2.33. The highest BCUT2D eigenvalue weighted by atomic mass is 15.2. The molecule has 0 aliphatic carbocycles. The lowest BCUT2D eigenvalue weighted by atomic mass is 10.4. The lowest BCUT2D eigenvalue weighted by Gasteiger charge is -1.91. The van der Waals surface area contributed by atoms with Gasteiger partial charge < -0.3 is 0 Å². The third-order valence-electron chi connectivity index (χ3n) is 1.43. The van der Waals surface area contributed by atoms with Crippen molar-refractivity contribution in [2.45, 2.75) is 6.92 Å². The Hall–Kier alpha value is -1.38. The Morgan fingerprint density at radius 3 is 3.30 bits per heavy atom. The van der Waals surface area contributed by atoms with E-state index >= 15 is 0 Å². The first-order chi connectivity index (χ1) is 4.86. The van der Waals surface area contributed by atoms with Crippen LogP contribution < -0.4 is 0 Å². The molecule has 2 heterocycles. The highest BCUT2D eigenvalue weighted by Crippen LogP contribution is 2.00. The number of hydrogen-bond acceptors (Lipinski definition) is 2. The molecule has 0 spiro atoms. The quantitative estimate of drug-likeness (QED) is 0.537. The first-order valence-electron chi connectivity index (χ1n) is 3.12. The maximum absolute atomic E-state index is 4.08. The topological polar surface area (TPSA) is 30.2 Å². The molecule has 0 saturated heterocycles. The molecular weight excluding hydrogens is 126 g/mol. The predicted octanol–water partition coefficient (Wildman–Crippen LogP) is 1.04. The highest BCUT2D eigenvalue weighted by molar-refractivity contribution is 5.44. The van der Waals surface area contributed by atoms with Crippen molar-refractivity contribution >= 4 is 5.52 Å². The van der Waals surface area contributed by atoms with E-state index in [2.05, 4.69) is 10.1 Å². The molecule has 50 valence electrons. The van der Waals surface area contributed by atoms with E-state index in [9.17, 15) is 0 Å². The maximum atomic E-state index is 4.08. The van der Waals surface area contributed by atoms with E-state index in [1.807, 2.05) is 19.1 Å². The second-order valence-corrected chi connectivity index (χ2v) is 2.23. The molecule has 2 aromatic heterocycles. The number of aryl methyl sites for hydroxylation is 1. The van der Waals surface area contributed by atoms with E-state index < -0.39 is 0 Å². The first-order valence-corrected chi connectivity index (χ1v) is 3.12. The zero-order valence-electron chi connectivity index (χ0n) is 5.65. The molecule has 3 nitrogen and oxygen atoms in total. The normalized spacial score (nSPS) is 10.5. The van der Waals surface area contributed by atoms with E-state index in [-0.39, 0.29) is 0 Å². The van der Waals surface area contributed by atoms with Crippen LogP contribution in [0.25, 0.3) is 5.52 Å². The van der Waals surface area contributed by atoms with Gasteiger partial charge in [0.25, 0.3) is 0 Å². The Kier molecular flexibility index (Phi) is 0.974. The SMILES string of the molecule is Cc1cc2ccnn2cn1. The van der Waals surface area contributed by atoms with Gasteiger partial charge in [0, 0.05) is 5.69 Å². The Bertz CT molecular complexity index is 350. The molecule has 0 saturated carbocycles. The first kappa shape index (κ1) is 5.41. The second-order valence-electron chi connectivity index (χ2n) is 2.23. The van der Waals surface area contributed by atoms with Gasteiger partial charge in [-0.15, -0.1) is 0 Å². The summed E-state index contributed by atoms with van der Waals surface area (Å²) in [7, 11) is 0. The van der Waals surface area contributed by atoms with Crippen molar-refractivity contribution in [1.82, 2.24) is 14.6 Å². The summed E-state index contributed by atoms with van der Waals surface area (Å²) in [4.78, 5) is 4.08. The van der Waals surface area contributed by atoms with Gasteiger partial charge in [0.15, 0.2) is 0 Å². The number of fused-ring (bicyclic) bond motifs is 1. The highest BCUT2D eigenvalue weighted by Gasteiger charge is 1.91. The second kappa shape index (κ2) is 1.80.